The van der Waals surface area contributed by atoms with Gasteiger partial charge in [-0.15, -0.1) is 0 Å². The second kappa shape index (κ2) is 5.25. The first-order chi connectivity index (χ1) is 8.39. The highest BCUT2D eigenvalue weighted by atomic mass is 35.5. The van der Waals surface area contributed by atoms with Crippen molar-refractivity contribution < 1.29 is 22.6 Å². The van der Waals surface area contributed by atoms with Crippen LogP contribution in [0.5, 0.6) is 0 Å². The molecule has 0 saturated carbocycles. The first kappa shape index (κ1) is 13.9. The van der Waals surface area contributed by atoms with Gasteiger partial charge < -0.3 is 9.47 Å². The van der Waals surface area contributed by atoms with Crippen LogP contribution in [0, 0.1) is 0 Å². The summed E-state index contributed by atoms with van der Waals surface area (Å²) in [6.07, 6.45) is -6.90. The molecule has 7 heteroatoms. The summed E-state index contributed by atoms with van der Waals surface area (Å²) in [4.78, 5) is 0. The monoisotopic (exact) mass is 300 g/mol. The second-order valence-electron chi connectivity index (χ2n) is 3.85. The number of ether oxygens (including phenoxy) is 2. The Hall–Kier alpha value is -0.490. The van der Waals surface area contributed by atoms with Gasteiger partial charge in [0.25, 0.3) is 0 Å². The van der Waals surface area contributed by atoms with Crippen molar-refractivity contribution in [1.82, 2.24) is 0 Å². The van der Waals surface area contributed by atoms with E-state index in [-0.39, 0.29) is 28.3 Å². The number of halogens is 5. The van der Waals surface area contributed by atoms with Crippen molar-refractivity contribution >= 4 is 23.2 Å². The highest BCUT2D eigenvalue weighted by molar-refractivity contribution is 6.42. The maximum absolute atomic E-state index is 12.9. The van der Waals surface area contributed by atoms with Crippen LogP contribution in [0.2, 0.25) is 10.0 Å². The SMILES string of the molecule is FC(F)(F)C(OCC1CO1)c1cccc(Cl)c1Cl. The van der Waals surface area contributed by atoms with E-state index in [1.54, 1.807) is 0 Å². The minimum absolute atomic E-state index is 0.0645. The minimum Gasteiger partial charge on any atom is -0.371 e. The van der Waals surface area contributed by atoms with E-state index >= 15 is 0 Å². The molecule has 0 spiro atoms. The fraction of sp³-hybridized carbons (Fsp3) is 0.455. The maximum atomic E-state index is 12.9. The standard InChI is InChI=1S/C11H9Cl2F3O2/c12-8-3-1-2-7(9(8)13)10(11(14,15)16)18-5-6-4-17-6/h1-3,6,10H,4-5H2. The Bertz CT molecular complexity index is 433. The van der Waals surface area contributed by atoms with Gasteiger partial charge in [0.05, 0.1) is 23.3 Å². The number of rotatable bonds is 4. The van der Waals surface area contributed by atoms with Crippen LogP contribution >= 0.6 is 23.2 Å². The van der Waals surface area contributed by atoms with E-state index in [0.29, 0.717) is 6.61 Å². The Labute approximate surface area is 112 Å². The third kappa shape index (κ3) is 3.29. The van der Waals surface area contributed by atoms with E-state index in [4.69, 9.17) is 32.7 Å². The van der Waals surface area contributed by atoms with Gasteiger partial charge >= 0.3 is 6.18 Å². The number of epoxide rings is 1. The van der Waals surface area contributed by atoms with Crippen LogP contribution in [0.25, 0.3) is 0 Å². The van der Waals surface area contributed by atoms with Crippen LogP contribution in [0.4, 0.5) is 13.2 Å². The summed E-state index contributed by atoms with van der Waals surface area (Å²) in [6.45, 7) is 0.306. The molecule has 0 bridgehead atoms. The van der Waals surface area contributed by atoms with Crippen LogP contribution < -0.4 is 0 Å². The van der Waals surface area contributed by atoms with Gasteiger partial charge in [-0.05, 0) is 6.07 Å². The van der Waals surface area contributed by atoms with Crippen molar-refractivity contribution in [1.29, 1.82) is 0 Å². The predicted octanol–water partition coefficient (Wildman–Crippen LogP) is 4.01. The normalized spacial score (nSPS) is 20.8. The number of benzene rings is 1. The summed E-state index contributed by atoms with van der Waals surface area (Å²) in [6, 6.07) is 4.07. The van der Waals surface area contributed by atoms with Gasteiger partial charge in [0, 0.05) is 5.56 Å². The van der Waals surface area contributed by atoms with Crippen molar-refractivity contribution in [2.75, 3.05) is 13.2 Å². The highest BCUT2D eigenvalue weighted by Gasteiger charge is 2.44. The summed E-state index contributed by atoms with van der Waals surface area (Å²) in [5.41, 5.74) is -0.183. The third-order valence-corrected chi connectivity index (χ3v) is 3.25. The molecule has 1 aliphatic rings. The van der Waals surface area contributed by atoms with Crippen LogP contribution in [-0.4, -0.2) is 25.5 Å². The molecule has 0 radical (unpaired) electrons. The molecule has 0 N–H and O–H groups in total. The fourth-order valence-corrected chi connectivity index (χ4v) is 1.86. The molecule has 0 aliphatic carbocycles. The van der Waals surface area contributed by atoms with Crippen molar-refractivity contribution in [3.8, 4) is 0 Å². The summed E-state index contributed by atoms with van der Waals surface area (Å²) in [7, 11) is 0. The molecule has 1 aromatic rings. The molecule has 0 amide bonds. The molecular weight excluding hydrogens is 292 g/mol. The molecule has 100 valence electrons. The number of alkyl halides is 3. The average Bonchev–Trinajstić information content (AvgIpc) is 3.06. The largest absolute Gasteiger partial charge is 0.418 e. The number of hydrogen-bond donors (Lipinski definition) is 0. The summed E-state index contributed by atoms with van der Waals surface area (Å²) in [5, 5.41) is -0.0760. The van der Waals surface area contributed by atoms with E-state index in [0.717, 1.165) is 0 Å². The van der Waals surface area contributed by atoms with Crippen LogP contribution in [0.1, 0.15) is 11.7 Å². The Morgan fingerprint density at radius 3 is 2.61 bits per heavy atom. The third-order valence-electron chi connectivity index (χ3n) is 2.41. The molecular formula is C11H9Cl2F3O2. The van der Waals surface area contributed by atoms with Crippen molar-refractivity contribution in [2.45, 2.75) is 18.4 Å². The maximum Gasteiger partial charge on any atom is 0.418 e. The lowest BCUT2D eigenvalue weighted by Gasteiger charge is -2.22. The Kier molecular flexibility index (Phi) is 4.06. The van der Waals surface area contributed by atoms with Gasteiger partial charge in [-0.25, -0.2) is 0 Å². The van der Waals surface area contributed by atoms with Gasteiger partial charge in [-0.1, -0.05) is 35.3 Å². The van der Waals surface area contributed by atoms with Crippen LogP contribution in [0.15, 0.2) is 18.2 Å². The van der Waals surface area contributed by atoms with Gasteiger partial charge in [0.2, 0.25) is 0 Å². The Morgan fingerprint density at radius 1 is 1.39 bits per heavy atom. The first-order valence-electron chi connectivity index (χ1n) is 5.13. The zero-order chi connectivity index (χ0) is 13.3. The van der Waals surface area contributed by atoms with Gasteiger partial charge in [0.15, 0.2) is 6.10 Å². The van der Waals surface area contributed by atoms with Gasteiger partial charge in [-0.2, -0.15) is 13.2 Å². The molecule has 1 fully saturated rings. The van der Waals surface area contributed by atoms with Crippen molar-refractivity contribution in [2.24, 2.45) is 0 Å². The average molecular weight is 301 g/mol. The molecule has 2 nitrogen and oxygen atoms in total. The summed E-state index contributed by atoms with van der Waals surface area (Å²) < 4.78 is 48.4. The van der Waals surface area contributed by atoms with E-state index < -0.39 is 12.3 Å². The zero-order valence-electron chi connectivity index (χ0n) is 9.01. The van der Waals surface area contributed by atoms with Crippen LogP contribution in [-0.2, 0) is 9.47 Å². The minimum atomic E-state index is -4.55. The number of hydrogen-bond acceptors (Lipinski definition) is 2. The molecule has 1 heterocycles. The quantitative estimate of drug-likeness (QED) is 0.784. The topological polar surface area (TPSA) is 21.8 Å². The zero-order valence-corrected chi connectivity index (χ0v) is 10.5. The van der Waals surface area contributed by atoms with Crippen LogP contribution in [0.3, 0.4) is 0 Å². The van der Waals surface area contributed by atoms with E-state index in [2.05, 4.69) is 0 Å². The molecule has 2 rings (SSSR count). The van der Waals surface area contributed by atoms with Crippen molar-refractivity contribution in [3.05, 3.63) is 33.8 Å². The Morgan fingerprint density at radius 2 is 2.06 bits per heavy atom. The lowest BCUT2D eigenvalue weighted by Crippen LogP contribution is -2.25. The predicted molar refractivity (Wildman–Crippen MR) is 61.0 cm³/mol. The lowest BCUT2D eigenvalue weighted by atomic mass is 10.1. The van der Waals surface area contributed by atoms with Gasteiger partial charge in [0.1, 0.15) is 6.10 Å². The van der Waals surface area contributed by atoms with Crippen molar-refractivity contribution in [3.63, 3.8) is 0 Å². The molecule has 2 unspecified atom stereocenters. The molecule has 1 saturated heterocycles. The van der Waals surface area contributed by atoms with E-state index in [1.165, 1.54) is 18.2 Å². The lowest BCUT2D eigenvalue weighted by molar-refractivity contribution is -0.224. The first-order valence-corrected chi connectivity index (χ1v) is 5.89. The highest BCUT2D eigenvalue weighted by Crippen LogP contribution is 2.41. The molecule has 0 aromatic heterocycles. The Balaban J connectivity index is 2.23. The molecule has 1 aliphatic heterocycles. The fourth-order valence-electron chi connectivity index (χ4n) is 1.45. The van der Waals surface area contributed by atoms with E-state index in [1.807, 2.05) is 0 Å². The summed E-state index contributed by atoms with van der Waals surface area (Å²) in [5.74, 6) is 0. The summed E-state index contributed by atoms with van der Waals surface area (Å²) >= 11 is 11.5. The smallest absolute Gasteiger partial charge is 0.371 e. The molecule has 18 heavy (non-hydrogen) atoms. The second-order valence-corrected chi connectivity index (χ2v) is 4.64. The molecule has 2 atom stereocenters. The van der Waals surface area contributed by atoms with Gasteiger partial charge in [-0.3, -0.25) is 0 Å². The molecule has 1 aromatic carbocycles. The van der Waals surface area contributed by atoms with E-state index in [9.17, 15) is 13.2 Å².